The van der Waals surface area contributed by atoms with Crippen molar-refractivity contribution in [1.29, 1.82) is 0 Å². The Morgan fingerprint density at radius 3 is 2.79 bits per heavy atom. The van der Waals surface area contributed by atoms with E-state index in [1.807, 2.05) is 34.9 Å². The van der Waals surface area contributed by atoms with Crippen LogP contribution in [-0.4, -0.2) is 43.0 Å². The molecule has 0 saturated carbocycles. The molecule has 1 fully saturated rings. The van der Waals surface area contributed by atoms with Gasteiger partial charge in [0.25, 0.3) is 0 Å². The zero-order valence-corrected chi connectivity index (χ0v) is 14.0. The summed E-state index contributed by atoms with van der Waals surface area (Å²) in [6.07, 6.45) is 8.45. The molecule has 1 aliphatic rings. The van der Waals surface area contributed by atoms with Crippen molar-refractivity contribution < 1.29 is 4.79 Å². The second-order valence-corrected chi connectivity index (χ2v) is 6.59. The first-order chi connectivity index (χ1) is 11.6. The predicted octanol–water partition coefficient (Wildman–Crippen LogP) is 1.78. The second-order valence-electron chi connectivity index (χ2n) is 6.59. The molecule has 0 atom stereocenters. The molecule has 0 spiro atoms. The van der Waals surface area contributed by atoms with Gasteiger partial charge in [-0.25, -0.2) is 4.98 Å². The van der Waals surface area contributed by atoms with Gasteiger partial charge < -0.3 is 14.0 Å². The van der Waals surface area contributed by atoms with E-state index in [1.54, 1.807) is 6.20 Å². The average Bonchev–Trinajstić information content (AvgIpc) is 3.10. The maximum atomic E-state index is 12.3. The minimum Gasteiger partial charge on any atom is -0.349 e. The first-order valence-corrected chi connectivity index (χ1v) is 8.26. The molecule has 6 nitrogen and oxygen atoms in total. The summed E-state index contributed by atoms with van der Waals surface area (Å²) in [5.41, 5.74) is 2.33. The number of rotatable bonds is 4. The van der Waals surface area contributed by atoms with Crippen LogP contribution in [0.3, 0.4) is 0 Å². The van der Waals surface area contributed by atoms with Crippen LogP contribution < -0.4 is 0 Å². The standard InChI is InChI=1S/C18H21N5O/c1-13-19-6-8-22(13)12-17(24)23-10-14(11-23)9-16-18-15(3-5-20-16)4-7-21(18)2/h3-8,14H,9-12H2,1-2H3. The number of hydrogen-bond acceptors (Lipinski definition) is 3. The first-order valence-electron chi connectivity index (χ1n) is 8.26. The lowest BCUT2D eigenvalue weighted by molar-refractivity contribution is -0.138. The van der Waals surface area contributed by atoms with Crippen molar-refractivity contribution in [2.75, 3.05) is 13.1 Å². The van der Waals surface area contributed by atoms with E-state index in [0.29, 0.717) is 12.5 Å². The number of carbonyl (C=O) groups is 1. The molecule has 24 heavy (non-hydrogen) atoms. The van der Waals surface area contributed by atoms with Crippen molar-refractivity contribution in [2.24, 2.45) is 13.0 Å². The Labute approximate surface area is 140 Å². The largest absolute Gasteiger partial charge is 0.349 e. The molecule has 0 aromatic carbocycles. The number of fused-ring (bicyclic) bond motifs is 1. The van der Waals surface area contributed by atoms with Gasteiger partial charge in [-0.3, -0.25) is 9.78 Å². The van der Waals surface area contributed by atoms with E-state index in [0.717, 1.165) is 31.0 Å². The van der Waals surface area contributed by atoms with Crippen molar-refractivity contribution in [1.82, 2.24) is 24.0 Å². The Morgan fingerprint density at radius 2 is 2.04 bits per heavy atom. The average molecular weight is 323 g/mol. The number of aryl methyl sites for hydroxylation is 2. The second kappa shape index (κ2) is 5.78. The van der Waals surface area contributed by atoms with Gasteiger partial charge in [0.05, 0.1) is 11.2 Å². The van der Waals surface area contributed by atoms with E-state index in [4.69, 9.17) is 0 Å². The fraction of sp³-hybridized carbons (Fsp3) is 0.389. The van der Waals surface area contributed by atoms with Crippen molar-refractivity contribution in [3.63, 3.8) is 0 Å². The number of carbonyl (C=O) groups excluding carboxylic acids is 1. The smallest absolute Gasteiger partial charge is 0.242 e. The van der Waals surface area contributed by atoms with Crippen LogP contribution in [0.25, 0.3) is 10.9 Å². The fourth-order valence-corrected chi connectivity index (χ4v) is 3.46. The van der Waals surface area contributed by atoms with Gasteiger partial charge in [0.2, 0.25) is 5.91 Å². The molecule has 0 N–H and O–H groups in total. The summed E-state index contributed by atoms with van der Waals surface area (Å²) in [4.78, 5) is 23.0. The summed E-state index contributed by atoms with van der Waals surface area (Å²) in [7, 11) is 2.05. The third kappa shape index (κ3) is 2.58. The highest BCUT2D eigenvalue weighted by Crippen LogP contribution is 2.24. The maximum Gasteiger partial charge on any atom is 0.242 e. The lowest BCUT2D eigenvalue weighted by atomic mass is 9.93. The molecular formula is C18H21N5O. The minimum atomic E-state index is 0.164. The zero-order valence-electron chi connectivity index (χ0n) is 14.0. The summed E-state index contributed by atoms with van der Waals surface area (Å²) in [5, 5.41) is 1.23. The number of hydrogen-bond donors (Lipinski definition) is 0. The molecule has 1 aliphatic heterocycles. The number of amides is 1. The molecule has 4 rings (SSSR count). The molecular weight excluding hydrogens is 302 g/mol. The monoisotopic (exact) mass is 323 g/mol. The van der Waals surface area contributed by atoms with E-state index in [2.05, 4.69) is 33.8 Å². The third-order valence-electron chi connectivity index (χ3n) is 4.88. The van der Waals surface area contributed by atoms with Gasteiger partial charge in [-0.15, -0.1) is 0 Å². The third-order valence-corrected chi connectivity index (χ3v) is 4.88. The Balaban J connectivity index is 1.38. The lowest BCUT2D eigenvalue weighted by Gasteiger charge is -2.39. The summed E-state index contributed by atoms with van der Waals surface area (Å²) >= 11 is 0. The van der Waals surface area contributed by atoms with E-state index in [9.17, 15) is 4.79 Å². The van der Waals surface area contributed by atoms with Crippen LogP contribution in [0.5, 0.6) is 0 Å². The van der Waals surface area contributed by atoms with Gasteiger partial charge in [-0.1, -0.05) is 0 Å². The van der Waals surface area contributed by atoms with E-state index >= 15 is 0 Å². The van der Waals surface area contributed by atoms with Crippen molar-refractivity contribution in [3.05, 3.63) is 48.4 Å². The Kier molecular flexibility index (Phi) is 3.59. The van der Waals surface area contributed by atoms with E-state index in [-0.39, 0.29) is 5.91 Å². The van der Waals surface area contributed by atoms with E-state index < -0.39 is 0 Å². The number of pyridine rings is 1. The topological polar surface area (TPSA) is 56.0 Å². The zero-order chi connectivity index (χ0) is 16.7. The lowest BCUT2D eigenvalue weighted by Crippen LogP contribution is -2.51. The molecule has 3 aromatic heterocycles. The van der Waals surface area contributed by atoms with Gasteiger partial charge in [0.15, 0.2) is 0 Å². The highest BCUT2D eigenvalue weighted by atomic mass is 16.2. The van der Waals surface area contributed by atoms with Crippen LogP contribution in [0, 0.1) is 12.8 Å². The Hall–Kier alpha value is -2.63. The molecule has 124 valence electrons. The van der Waals surface area contributed by atoms with Gasteiger partial charge in [0.1, 0.15) is 12.4 Å². The molecule has 1 amide bonds. The summed E-state index contributed by atoms with van der Waals surface area (Å²) in [6, 6.07) is 4.16. The quantitative estimate of drug-likeness (QED) is 0.735. The number of aromatic nitrogens is 4. The molecule has 0 bridgehead atoms. The molecule has 0 aliphatic carbocycles. The molecule has 0 unspecified atom stereocenters. The van der Waals surface area contributed by atoms with Crippen LogP contribution in [0.15, 0.2) is 36.9 Å². The molecule has 6 heteroatoms. The number of imidazole rings is 1. The molecule has 0 radical (unpaired) electrons. The normalized spacial score (nSPS) is 15.0. The fourth-order valence-electron chi connectivity index (χ4n) is 3.46. The summed E-state index contributed by atoms with van der Waals surface area (Å²) in [5.74, 6) is 1.53. The van der Waals surface area contributed by atoms with Crippen LogP contribution in [0.4, 0.5) is 0 Å². The first kappa shape index (κ1) is 14.9. The van der Waals surface area contributed by atoms with Crippen molar-refractivity contribution in [3.8, 4) is 0 Å². The summed E-state index contributed by atoms with van der Waals surface area (Å²) in [6.45, 7) is 3.92. The molecule has 4 heterocycles. The summed E-state index contributed by atoms with van der Waals surface area (Å²) < 4.78 is 4.02. The predicted molar refractivity (Wildman–Crippen MR) is 91.5 cm³/mol. The van der Waals surface area contributed by atoms with Crippen LogP contribution in [0.2, 0.25) is 0 Å². The Bertz CT molecular complexity index is 888. The number of nitrogens with zero attached hydrogens (tertiary/aromatic N) is 5. The highest BCUT2D eigenvalue weighted by molar-refractivity contribution is 5.82. The van der Waals surface area contributed by atoms with Gasteiger partial charge >= 0.3 is 0 Å². The van der Waals surface area contributed by atoms with Crippen molar-refractivity contribution in [2.45, 2.75) is 19.9 Å². The van der Waals surface area contributed by atoms with Gasteiger partial charge in [-0.05, 0) is 31.4 Å². The highest BCUT2D eigenvalue weighted by Gasteiger charge is 2.31. The number of likely N-dealkylation sites (tertiary alicyclic amines) is 1. The SMILES string of the molecule is Cc1nccn1CC(=O)N1CC(Cc2nccc3ccn(C)c23)C1. The van der Waals surface area contributed by atoms with Crippen LogP contribution in [-0.2, 0) is 24.8 Å². The maximum absolute atomic E-state index is 12.3. The van der Waals surface area contributed by atoms with Crippen LogP contribution in [0.1, 0.15) is 11.5 Å². The van der Waals surface area contributed by atoms with Gasteiger partial charge in [0, 0.05) is 50.3 Å². The molecule has 3 aromatic rings. The van der Waals surface area contributed by atoms with Gasteiger partial charge in [-0.2, -0.15) is 0 Å². The minimum absolute atomic E-state index is 0.164. The Morgan fingerprint density at radius 1 is 1.21 bits per heavy atom. The van der Waals surface area contributed by atoms with E-state index in [1.165, 1.54) is 10.9 Å². The van der Waals surface area contributed by atoms with Crippen molar-refractivity contribution >= 4 is 16.8 Å². The van der Waals surface area contributed by atoms with Crippen LogP contribution >= 0.6 is 0 Å². The molecule has 1 saturated heterocycles.